The van der Waals surface area contributed by atoms with Crippen molar-refractivity contribution in [2.24, 2.45) is 0 Å². The minimum atomic E-state index is 0.725. The van der Waals surface area contributed by atoms with Crippen molar-refractivity contribution >= 4 is 17.3 Å². The maximum atomic E-state index is 5.97. The smallest absolute Gasteiger partial charge is 0.116 e. The fraction of sp³-hybridized carbons (Fsp3) is 0.238. The maximum absolute atomic E-state index is 5.97. The number of piperazine rings is 1. The van der Waals surface area contributed by atoms with Crippen LogP contribution in [0.4, 0.5) is 5.69 Å². The average Bonchev–Trinajstić information content (AvgIpc) is 2.69. The van der Waals surface area contributed by atoms with E-state index in [0.29, 0.717) is 0 Å². The van der Waals surface area contributed by atoms with Gasteiger partial charge >= 0.3 is 0 Å². The van der Waals surface area contributed by atoms with Gasteiger partial charge in [-0.05, 0) is 37.4 Å². The van der Waals surface area contributed by atoms with E-state index in [-0.39, 0.29) is 0 Å². The fourth-order valence-electron chi connectivity index (χ4n) is 3.20. The first-order chi connectivity index (χ1) is 12.7. The van der Waals surface area contributed by atoms with Crippen molar-refractivity contribution in [2.45, 2.75) is 0 Å². The molecule has 3 aromatic rings. The molecule has 1 aliphatic rings. The highest BCUT2D eigenvalue weighted by Crippen LogP contribution is 2.26. The van der Waals surface area contributed by atoms with Crippen molar-refractivity contribution in [3.63, 3.8) is 0 Å². The van der Waals surface area contributed by atoms with Gasteiger partial charge in [-0.3, -0.25) is 0 Å². The van der Waals surface area contributed by atoms with Crippen molar-refractivity contribution in [2.75, 3.05) is 38.1 Å². The van der Waals surface area contributed by atoms with Gasteiger partial charge in [0.15, 0.2) is 0 Å². The lowest BCUT2D eigenvalue weighted by Crippen LogP contribution is -2.44. The number of hydrogen-bond donors (Lipinski definition) is 0. The summed E-state index contributed by atoms with van der Waals surface area (Å²) in [5.41, 5.74) is 5.23. The predicted octanol–water partition coefficient (Wildman–Crippen LogP) is 4.22. The molecule has 1 saturated heterocycles. The van der Waals surface area contributed by atoms with Crippen molar-refractivity contribution in [3.8, 4) is 22.5 Å². The van der Waals surface area contributed by atoms with Gasteiger partial charge in [0.2, 0.25) is 0 Å². The van der Waals surface area contributed by atoms with E-state index in [1.165, 1.54) is 5.69 Å². The highest BCUT2D eigenvalue weighted by molar-refractivity contribution is 6.30. The summed E-state index contributed by atoms with van der Waals surface area (Å²) < 4.78 is 0. The molecular weight excluding hydrogens is 344 g/mol. The van der Waals surface area contributed by atoms with E-state index in [1.807, 2.05) is 30.3 Å². The van der Waals surface area contributed by atoms with E-state index >= 15 is 0 Å². The fourth-order valence-corrected chi connectivity index (χ4v) is 3.33. The van der Waals surface area contributed by atoms with Gasteiger partial charge in [-0.25, -0.2) is 9.97 Å². The first kappa shape index (κ1) is 17.0. The van der Waals surface area contributed by atoms with Gasteiger partial charge in [0.1, 0.15) is 6.33 Å². The summed E-state index contributed by atoms with van der Waals surface area (Å²) in [6, 6.07) is 18.4. The first-order valence-electron chi connectivity index (χ1n) is 8.81. The van der Waals surface area contributed by atoms with Crippen LogP contribution in [0.25, 0.3) is 22.5 Å². The molecule has 4 rings (SSSR count). The third-order valence-corrected chi connectivity index (χ3v) is 5.09. The molecule has 1 fully saturated rings. The molecule has 0 N–H and O–H groups in total. The van der Waals surface area contributed by atoms with Gasteiger partial charge < -0.3 is 9.80 Å². The summed E-state index contributed by atoms with van der Waals surface area (Å²) in [5, 5.41) is 0.725. The lowest BCUT2D eigenvalue weighted by molar-refractivity contribution is 0.313. The zero-order valence-electron chi connectivity index (χ0n) is 14.8. The molecule has 0 bridgehead atoms. The van der Waals surface area contributed by atoms with Gasteiger partial charge in [-0.15, -0.1) is 0 Å². The van der Waals surface area contributed by atoms with Crippen LogP contribution in [0.15, 0.2) is 60.9 Å². The molecule has 0 spiro atoms. The summed E-state index contributed by atoms with van der Waals surface area (Å²) in [7, 11) is 2.17. The molecule has 0 atom stereocenters. The largest absolute Gasteiger partial charge is 0.369 e. The third kappa shape index (κ3) is 3.71. The van der Waals surface area contributed by atoms with Gasteiger partial charge in [0.05, 0.1) is 11.4 Å². The summed E-state index contributed by atoms with van der Waals surface area (Å²) in [6.07, 6.45) is 1.62. The Labute approximate surface area is 159 Å². The zero-order chi connectivity index (χ0) is 17.9. The second-order valence-corrected chi connectivity index (χ2v) is 7.07. The van der Waals surface area contributed by atoms with E-state index in [2.05, 4.69) is 51.1 Å². The van der Waals surface area contributed by atoms with E-state index in [9.17, 15) is 0 Å². The standard InChI is InChI=1S/C21H21ClN4/c1-25-10-12-26(13-11-25)19-8-4-17(5-9-19)21-14-20(23-15-24-21)16-2-6-18(22)7-3-16/h2-9,14-15H,10-13H2,1H3. The highest BCUT2D eigenvalue weighted by Gasteiger charge is 2.14. The van der Waals surface area contributed by atoms with Crippen LogP contribution in [0.1, 0.15) is 0 Å². The summed E-state index contributed by atoms with van der Waals surface area (Å²) in [5.74, 6) is 0. The Morgan fingerprint density at radius 1 is 0.769 bits per heavy atom. The molecule has 2 aromatic carbocycles. The van der Waals surface area contributed by atoms with Crippen LogP contribution in [-0.2, 0) is 0 Å². The van der Waals surface area contributed by atoms with Crippen LogP contribution in [0.5, 0.6) is 0 Å². The van der Waals surface area contributed by atoms with Crippen LogP contribution in [0.2, 0.25) is 5.02 Å². The third-order valence-electron chi connectivity index (χ3n) is 4.84. The number of nitrogens with zero attached hydrogens (tertiary/aromatic N) is 4. The van der Waals surface area contributed by atoms with E-state index in [1.54, 1.807) is 6.33 Å². The van der Waals surface area contributed by atoms with E-state index < -0.39 is 0 Å². The van der Waals surface area contributed by atoms with Gasteiger partial charge in [0.25, 0.3) is 0 Å². The molecule has 0 radical (unpaired) electrons. The van der Waals surface area contributed by atoms with Gasteiger partial charge in [-0.2, -0.15) is 0 Å². The summed E-state index contributed by atoms with van der Waals surface area (Å²) >= 11 is 5.97. The summed E-state index contributed by atoms with van der Waals surface area (Å²) in [6.45, 7) is 4.37. The van der Waals surface area contributed by atoms with E-state index in [0.717, 1.165) is 53.7 Å². The molecule has 132 valence electrons. The molecule has 5 heteroatoms. The number of aromatic nitrogens is 2. The van der Waals surface area contributed by atoms with Gasteiger partial charge in [-0.1, -0.05) is 35.9 Å². The zero-order valence-corrected chi connectivity index (χ0v) is 15.5. The van der Waals surface area contributed by atoms with Crippen LogP contribution >= 0.6 is 11.6 Å². The Kier molecular flexibility index (Phi) is 4.87. The Morgan fingerprint density at radius 3 is 1.88 bits per heavy atom. The topological polar surface area (TPSA) is 32.3 Å². The second kappa shape index (κ2) is 7.44. The molecule has 0 amide bonds. The van der Waals surface area contributed by atoms with E-state index in [4.69, 9.17) is 11.6 Å². The van der Waals surface area contributed by atoms with Crippen molar-refractivity contribution in [1.82, 2.24) is 14.9 Å². The number of rotatable bonds is 3. The lowest BCUT2D eigenvalue weighted by atomic mass is 10.1. The SMILES string of the molecule is CN1CCN(c2ccc(-c3cc(-c4ccc(Cl)cc4)ncn3)cc2)CC1. The molecule has 1 aliphatic heterocycles. The van der Waals surface area contributed by atoms with Crippen LogP contribution in [0.3, 0.4) is 0 Å². The second-order valence-electron chi connectivity index (χ2n) is 6.63. The normalized spacial score (nSPS) is 15.2. The molecule has 4 nitrogen and oxygen atoms in total. The Hall–Kier alpha value is -2.43. The summed E-state index contributed by atoms with van der Waals surface area (Å²) in [4.78, 5) is 13.6. The minimum absolute atomic E-state index is 0.725. The minimum Gasteiger partial charge on any atom is -0.369 e. The molecule has 1 aromatic heterocycles. The molecule has 26 heavy (non-hydrogen) atoms. The number of anilines is 1. The number of likely N-dealkylation sites (N-methyl/N-ethyl adjacent to an activating group) is 1. The van der Waals surface area contributed by atoms with Crippen molar-refractivity contribution in [3.05, 3.63) is 65.9 Å². The predicted molar refractivity (Wildman–Crippen MR) is 108 cm³/mol. The Bertz CT molecular complexity index is 869. The molecule has 0 saturated carbocycles. The maximum Gasteiger partial charge on any atom is 0.116 e. The number of benzene rings is 2. The van der Waals surface area contributed by atoms with Crippen LogP contribution < -0.4 is 4.90 Å². The number of hydrogen-bond acceptors (Lipinski definition) is 4. The quantitative estimate of drug-likeness (QED) is 0.696. The van der Waals surface area contributed by atoms with Crippen molar-refractivity contribution < 1.29 is 0 Å². The van der Waals surface area contributed by atoms with Crippen molar-refractivity contribution in [1.29, 1.82) is 0 Å². The van der Waals surface area contributed by atoms with Crippen LogP contribution in [0, 0.1) is 0 Å². The molecule has 2 heterocycles. The average molecular weight is 365 g/mol. The molecule has 0 unspecified atom stereocenters. The Morgan fingerprint density at radius 2 is 1.31 bits per heavy atom. The molecule has 0 aliphatic carbocycles. The van der Waals surface area contributed by atoms with Crippen LogP contribution in [-0.4, -0.2) is 48.1 Å². The Balaban J connectivity index is 1.56. The molecular formula is C21H21ClN4. The highest BCUT2D eigenvalue weighted by atomic mass is 35.5. The van der Waals surface area contributed by atoms with Gasteiger partial charge in [0, 0.05) is 48.0 Å². The number of halogens is 1. The lowest BCUT2D eigenvalue weighted by Gasteiger charge is -2.34. The monoisotopic (exact) mass is 364 g/mol. The first-order valence-corrected chi connectivity index (χ1v) is 9.19.